The molecule has 0 bridgehead atoms. The Morgan fingerprint density at radius 2 is 1.95 bits per heavy atom. The molecule has 0 radical (unpaired) electrons. The van der Waals surface area contributed by atoms with Gasteiger partial charge in [-0.15, -0.1) is 0 Å². The van der Waals surface area contributed by atoms with Crippen LogP contribution in [0.1, 0.15) is 25.3 Å². The largest absolute Gasteiger partial charge is 0.395 e. The predicted octanol–water partition coefficient (Wildman–Crippen LogP) is 2.00. The van der Waals surface area contributed by atoms with E-state index in [4.69, 9.17) is 4.74 Å². The molecule has 0 unspecified atom stereocenters. The van der Waals surface area contributed by atoms with Gasteiger partial charge < -0.3 is 15.2 Å². The van der Waals surface area contributed by atoms with Crippen molar-refractivity contribution >= 4 is 0 Å². The summed E-state index contributed by atoms with van der Waals surface area (Å²) in [7, 11) is 0. The molecule has 0 amide bonds. The molecule has 2 rings (SSSR count). The van der Waals surface area contributed by atoms with Crippen molar-refractivity contribution in [2.24, 2.45) is 5.41 Å². The fraction of sp³-hybridized carbons (Fsp3) is 0.625. The molecule has 2 N–H and O–H groups in total. The van der Waals surface area contributed by atoms with Crippen LogP contribution in [0.3, 0.4) is 0 Å². The molecule has 1 saturated heterocycles. The molecule has 3 heteroatoms. The van der Waals surface area contributed by atoms with E-state index in [0.717, 1.165) is 39.0 Å². The zero-order valence-electron chi connectivity index (χ0n) is 11.8. The molecule has 1 aliphatic heterocycles. The van der Waals surface area contributed by atoms with Crippen molar-refractivity contribution in [2.75, 3.05) is 26.4 Å². The van der Waals surface area contributed by atoms with Gasteiger partial charge in [0.25, 0.3) is 0 Å². The second-order valence-corrected chi connectivity index (χ2v) is 5.87. The maximum absolute atomic E-state index is 9.51. The summed E-state index contributed by atoms with van der Waals surface area (Å²) in [5.74, 6) is 0. The molecule has 1 aliphatic rings. The zero-order valence-corrected chi connectivity index (χ0v) is 11.8. The van der Waals surface area contributed by atoms with Crippen molar-refractivity contribution < 1.29 is 9.84 Å². The molecule has 0 saturated carbocycles. The van der Waals surface area contributed by atoms with Crippen LogP contribution in [0.2, 0.25) is 0 Å². The van der Waals surface area contributed by atoms with Gasteiger partial charge in [0, 0.05) is 25.8 Å². The molecule has 1 aromatic rings. The first kappa shape index (κ1) is 14.5. The topological polar surface area (TPSA) is 41.5 Å². The maximum atomic E-state index is 9.51. The van der Waals surface area contributed by atoms with E-state index in [1.807, 2.05) is 18.2 Å². The summed E-state index contributed by atoms with van der Waals surface area (Å²) in [4.78, 5) is 0. The highest BCUT2D eigenvalue weighted by atomic mass is 16.5. The standard InChI is InChI=1S/C16H25NO2/c1-16(7-9-19-10-8-16)13-17-15(12-18)11-14-5-3-2-4-6-14/h2-6,15,17-18H,7-13H2,1H3/t15-/m1/s1. The summed E-state index contributed by atoms with van der Waals surface area (Å²) in [6.07, 6.45) is 3.08. The summed E-state index contributed by atoms with van der Waals surface area (Å²) >= 11 is 0. The average Bonchev–Trinajstić information content (AvgIpc) is 2.45. The molecule has 0 aliphatic carbocycles. The lowest BCUT2D eigenvalue weighted by atomic mass is 9.82. The molecule has 1 heterocycles. The molecule has 3 nitrogen and oxygen atoms in total. The molecular formula is C16H25NO2. The van der Waals surface area contributed by atoms with Crippen molar-refractivity contribution in [2.45, 2.75) is 32.2 Å². The number of hydrogen-bond donors (Lipinski definition) is 2. The molecule has 1 fully saturated rings. The van der Waals surface area contributed by atoms with E-state index in [9.17, 15) is 5.11 Å². The summed E-state index contributed by atoms with van der Waals surface area (Å²) in [5.41, 5.74) is 1.58. The Balaban J connectivity index is 1.82. The lowest BCUT2D eigenvalue weighted by Gasteiger charge is -2.35. The highest BCUT2D eigenvalue weighted by Gasteiger charge is 2.27. The average molecular weight is 263 g/mol. The van der Waals surface area contributed by atoms with Crippen molar-refractivity contribution in [1.82, 2.24) is 5.32 Å². The lowest BCUT2D eigenvalue weighted by molar-refractivity contribution is 0.0219. The van der Waals surface area contributed by atoms with E-state index in [-0.39, 0.29) is 12.6 Å². The first-order chi connectivity index (χ1) is 9.22. The van der Waals surface area contributed by atoms with E-state index in [2.05, 4.69) is 24.4 Å². The molecule has 19 heavy (non-hydrogen) atoms. The molecule has 0 spiro atoms. The van der Waals surface area contributed by atoms with Gasteiger partial charge in [0.2, 0.25) is 0 Å². The third-order valence-corrected chi connectivity index (χ3v) is 4.06. The van der Waals surface area contributed by atoms with Crippen LogP contribution in [0, 0.1) is 5.41 Å². The molecule has 1 aromatic carbocycles. The van der Waals surface area contributed by atoms with Crippen molar-refractivity contribution in [3.8, 4) is 0 Å². The maximum Gasteiger partial charge on any atom is 0.0587 e. The van der Waals surface area contributed by atoms with E-state index in [1.165, 1.54) is 5.56 Å². The Hall–Kier alpha value is -0.900. The van der Waals surface area contributed by atoms with Crippen molar-refractivity contribution in [3.63, 3.8) is 0 Å². The first-order valence-corrected chi connectivity index (χ1v) is 7.18. The monoisotopic (exact) mass is 263 g/mol. The number of nitrogens with one attached hydrogen (secondary N) is 1. The normalized spacial score (nSPS) is 20.1. The quantitative estimate of drug-likeness (QED) is 0.825. The third kappa shape index (κ3) is 4.60. The van der Waals surface area contributed by atoms with E-state index >= 15 is 0 Å². The molecule has 1 atom stereocenters. The third-order valence-electron chi connectivity index (χ3n) is 4.06. The predicted molar refractivity (Wildman–Crippen MR) is 77.2 cm³/mol. The molecule has 106 valence electrons. The highest BCUT2D eigenvalue weighted by molar-refractivity contribution is 5.15. The van der Waals surface area contributed by atoms with Gasteiger partial charge in [-0.05, 0) is 30.2 Å². The van der Waals surface area contributed by atoms with Gasteiger partial charge in [0.1, 0.15) is 0 Å². The number of aliphatic hydroxyl groups is 1. The number of hydrogen-bond acceptors (Lipinski definition) is 3. The van der Waals surface area contributed by atoms with Crippen LogP contribution in [0.25, 0.3) is 0 Å². The van der Waals surface area contributed by atoms with Crippen LogP contribution in [-0.2, 0) is 11.2 Å². The van der Waals surface area contributed by atoms with Gasteiger partial charge in [-0.1, -0.05) is 37.3 Å². The van der Waals surface area contributed by atoms with Crippen LogP contribution < -0.4 is 5.32 Å². The second-order valence-electron chi connectivity index (χ2n) is 5.87. The molecule has 0 aromatic heterocycles. The van der Waals surface area contributed by atoms with Crippen LogP contribution >= 0.6 is 0 Å². The Labute approximate surface area is 116 Å². The zero-order chi connectivity index (χ0) is 13.6. The van der Waals surface area contributed by atoms with Gasteiger partial charge >= 0.3 is 0 Å². The minimum absolute atomic E-state index is 0.141. The highest BCUT2D eigenvalue weighted by Crippen LogP contribution is 2.28. The summed E-state index contributed by atoms with van der Waals surface area (Å²) in [6, 6.07) is 10.5. The van der Waals surface area contributed by atoms with Crippen LogP contribution in [0.15, 0.2) is 30.3 Å². The lowest BCUT2D eigenvalue weighted by Crippen LogP contribution is -2.43. The minimum Gasteiger partial charge on any atom is -0.395 e. The smallest absolute Gasteiger partial charge is 0.0587 e. The summed E-state index contributed by atoms with van der Waals surface area (Å²) in [6.45, 7) is 5.16. The number of benzene rings is 1. The Bertz CT molecular complexity index is 360. The Morgan fingerprint density at radius 3 is 2.58 bits per heavy atom. The van der Waals surface area contributed by atoms with Gasteiger partial charge in [-0.25, -0.2) is 0 Å². The summed E-state index contributed by atoms with van der Waals surface area (Å²) in [5, 5.41) is 13.0. The van der Waals surface area contributed by atoms with Gasteiger partial charge in [0.15, 0.2) is 0 Å². The number of aliphatic hydroxyl groups excluding tert-OH is 1. The number of rotatable bonds is 6. The van der Waals surface area contributed by atoms with Crippen LogP contribution in [-0.4, -0.2) is 37.5 Å². The Kier molecular flexibility index (Phi) is 5.37. The van der Waals surface area contributed by atoms with Gasteiger partial charge in [0.05, 0.1) is 6.61 Å². The van der Waals surface area contributed by atoms with Crippen LogP contribution in [0.4, 0.5) is 0 Å². The fourth-order valence-electron chi connectivity index (χ4n) is 2.53. The van der Waals surface area contributed by atoms with Gasteiger partial charge in [-0.2, -0.15) is 0 Å². The summed E-state index contributed by atoms with van der Waals surface area (Å²) < 4.78 is 5.42. The fourth-order valence-corrected chi connectivity index (χ4v) is 2.53. The van der Waals surface area contributed by atoms with E-state index in [0.29, 0.717) is 5.41 Å². The first-order valence-electron chi connectivity index (χ1n) is 7.18. The van der Waals surface area contributed by atoms with Gasteiger partial charge in [-0.3, -0.25) is 0 Å². The Morgan fingerprint density at radius 1 is 1.26 bits per heavy atom. The van der Waals surface area contributed by atoms with E-state index in [1.54, 1.807) is 0 Å². The van der Waals surface area contributed by atoms with E-state index < -0.39 is 0 Å². The number of ether oxygens (including phenoxy) is 1. The van der Waals surface area contributed by atoms with Crippen LogP contribution in [0.5, 0.6) is 0 Å². The van der Waals surface area contributed by atoms with Crippen molar-refractivity contribution in [3.05, 3.63) is 35.9 Å². The minimum atomic E-state index is 0.141. The second kappa shape index (κ2) is 7.04. The van der Waals surface area contributed by atoms with Crippen molar-refractivity contribution in [1.29, 1.82) is 0 Å². The SMILES string of the molecule is CC1(CN[C@@H](CO)Cc2ccccc2)CCOCC1. The molecular weight excluding hydrogens is 238 g/mol.